The Morgan fingerprint density at radius 3 is 1.83 bits per heavy atom. The van der Waals surface area contributed by atoms with Crippen LogP contribution in [0.1, 0.15) is 0 Å². The first kappa shape index (κ1) is 9.67. The van der Waals surface area contributed by atoms with E-state index in [1.54, 1.807) is 0 Å². The molecule has 4 rings (SSSR count). The van der Waals surface area contributed by atoms with Gasteiger partial charge < -0.3 is 0 Å². The largest absolute Gasteiger partial charge is 0.0616 e. The molecule has 0 atom stereocenters. The normalized spacial score (nSPS) is 11.3. The Balaban J connectivity index is 2.27. The summed E-state index contributed by atoms with van der Waals surface area (Å²) in [6, 6.07) is 26.1. The second-order valence-corrected chi connectivity index (χ2v) is 4.71. The van der Waals surface area contributed by atoms with Crippen molar-refractivity contribution in [1.82, 2.24) is 0 Å². The van der Waals surface area contributed by atoms with E-state index in [0.29, 0.717) is 0 Å². The van der Waals surface area contributed by atoms with Crippen LogP contribution >= 0.6 is 0 Å². The van der Waals surface area contributed by atoms with E-state index in [0.717, 1.165) is 0 Å². The third-order valence-corrected chi connectivity index (χ3v) is 3.61. The number of hydrogen-bond acceptors (Lipinski definition) is 0. The summed E-state index contributed by atoms with van der Waals surface area (Å²) >= 11 is 0. The molecule has 84 valence electrons. The summed E-state index contributed by atoms with van der Waals surface area (Å²) in [5, 5.41) is 7.90. The molecule has 0 heterocycles. The second-order valence-electron chi connectivity index (χ2n) is 4.71. The zero-order valence-electron chi connectivity index (χ0n) is 9.93. The van der Waals surface area contributed by atoms with Gasteiger partial charge in [-0.25, -0.2) is 0 Å². The Kier molecular flexibility index (Phi) is 1.92. The Hall–Kier alpha value is -2.34. The van der Waals surface area contributed by atoms with Crippen molar-refractivity contribution in [2.75, 3.05) is 0 Å². The third-order valence-electron chi connectivity index (χ3n) is 3.61. The van der Waals surface area contributed by atoms with Crippen molar-refractivity contribution in [3.8, 4) is 0 Å². The van der Waals surface area contributed by atoms with Crippen molar-refractivity contribution in [2.45, 2.75) is 0 Å². The highest BCUT2D eigenvalue weighted by Gasteiger charge is 2.01. The summed E-state index contributed by atoms with van der Waals surface area (Å²) < 4.78 is 0. The average molecular weight is 234 g/mol. The molecule has 0 nitrogen and oxygen atoms in total. The molecular formula is C18H12. The highest BCUT2D eigenvalue weighted by atomic mass is 14.8. The molecule has 0 aliphatic heterocycles. The molecule has 0 aliphatic carbocycles. The first-order chi connectivity index (χ1) is 8.92. The highest BCUT2D eigenvalue weighted by molar-refractivity contribution is 6.11. The van der Waals surface area contributed by atoms with E-state index in [1.165, 1.54) is 32.3 Å². The molecule has 0 aliphatic rings. The lowest BCUT2D eigenvalue weighted by Crippen LogP contribution is -1.79. The summed E-state index contributed by atoms with van der Waals surface area (Å²) in [4.78, 5) is 0. The van der Waals surface area contributed by atoms with Crippen molar-refractivity contribution in [1.29, 1.82) is 0 Å². The molecule has 0 saturated carbocycles. The minimum absolute atomic E-state index is 1.31. The summed E-state index contributed by atoms with van der Waals surface area (Å²) in [6.07, 6.45) is 0. The Labute approximate surface area is 105 Å². The van der Waals surface area contributed by atoms with E-state index in [4.69, 9.17) is 0 Å². The van der Waals surface area contributed by atoms with Gasteiger partial charge in [-0.1, -0.05) is 60.7 Å². The predicted octanol–water partition coefficient (Wildman–Crippen LogP) is 5.15. The van der Waals surface area contributed by atoms with E-state index in [-0.39, 0.29) is 0 Å². The molecule has 18 heavy (non-hydrogen) atoms. The predicted molar refractivity (Wildman–Crippen MR) is 79.0 cm³/mol. The standard InChI is InChI=1S/C18H12/c1-2-7-15-12-18-16(11-14(15)6-1)10-9-13-5-3-4-8-17(13)18/h1-12H/i1+1,2+1,6+1,7+1,14+1,15+1. The van der Waals surface area contributed by atoms with Crippen molar-refractivity contribution < 1.29 is 0 Å². The van der Waals surface area contributed by atoms with Gasteiger partial charge in [0.1, 0.15) is 0 Å². The molecule has 0 bridgehead atoms. The maximum Gasteiger partial charge on any atom is -0.00990 e. The molecule has 0 amide bonds. The first-order valence-electron chi connectivity index (χ1n) is 6.22. The van der Waals surface area contributed by atoms with Crippen LogP contribution in [0.2, 0.25) is 0 Å². The smallest absolute Gasteiger partial charge is 0.00990 e. The molecule has 4 aromatic rings. The summed E-state index contributed by atoms with van der Waals surface area (Å²) in [6.45, 7) is 0. The zero-order chi connectivity index (χ0) is 11.9. The summed E-state index contributed by atoms with van der Waals surface area (Å²) in [7, 11) is 0. The van der Waals surface area contributed by atoms with Crippen LogP contribution in [0.4, 0.5) is 0 Å². The Morgan fingerprint density at radius 1 is 0.389 bits per heavy atom. The highest BCUT2D eigenvalue weighted by Crippen LogP contribution is 2.29. The number of benzene rings is 4. The maximum atomic E-state index is 2.30. The SMILES string of the molecule is c1ccc2c(c1)ccc1c[13c]3[13cH][13cH][13cH][13cH][13c]3cc12. The fourth-order valence-electron chi connectivity index (χ4n) is 2.70. The quantitative estimate of drug-likeness (QED) is 0.291. The van der Waals surface area contributed by atoms with Crippen LogP contribution in [0.25, 0.3) is 32.3 Å². The van der Waals surface area contributed by atoms with Crippen LogP contribution in [0.3, 0.4) is 0 Å². The van der Waals surface area contributed by atoms with Crippen molar-refractivity contribution >= 4 is 32.3 Å². The number of fused-ring (bicyclic) bond motifs is 4. The fourth-order valence-corrected chi connectivity index (χ4v) is 2.70. The van der Waals surface area contributed by atoms with Gasteiger partial charge in [0.25, 0.3) is 0 Å². The molecule has 0 heteroatoms. The van der Waals surface area contributed by atoms with Gasteiger partial charge in [-0.2, -0.15) is 0 Å². The molecule has 0 unspecified atom stereocenters. The topological polar surface area (TPSA) is 0 Å². The third kappa shape index (κ3) is 1.32. The molecule has 0 saturated heterocycles. The molecule has 0 fully saturated rings. The van der Waals surface area contributed by atoms with Crippen molar-refractivity contribution in [3.63, 3.8) is 0 Å². The van der Waals surface area contributed by atoms with Gasteiger partial charge >= 0.3 is 0 Å². The van der Waals surface area contributed by atoms with Gasteiger partial charge in [0.05, 0.1) is 0 Å². The van der Waals surface area contributed by atoms with E-state index >= 15 is 0 Å². The van der Waals surface area contributed by atoms with Crippen molar-refractivity contribution in [2.24, 2.45) is 0 Å². The molecule has 0 aromatic heterocycles. The summed E-state index contributed by atoms with van der Waals surface area (Å²) in [5.41, 5.74) is 0. The van der Waals surface area contributed by atoms with E-state index in [9.17, 15) is 0 Å². The van der Waals surface area contributed by atoms with Gasteiger partial charge in [-0.05, 0) is 44.5 Å². The first-order valence-corrected chi connectivity index (χ1v) is 6.22. The molecule has 0 radical (unpaired) electrons. The van der Waals surface area contributed by atoms with E-state index in [1.807, 2.05) is 0 Å². The van der Waals surface area contributed by atoms with Gasteiger partial charge in [0, 0.05) is 0 Å². The van der Waals surface area contributed by atoms with Gasteiger partial charge in [0.2, 0.25) is 0 Å². The van der Waals surface area contributed by atoms with Crippen LogP contribution in [-0.4, -0.2) is 0 Å². The van der Waals surface area contributed by atoms with Crippen molar-refractivity contribution in [3.05, 3.63) is 72.8 Å². The van der Waals surface area contributed by atoms with Crippen LogP contribution in [0.15, 0.2) is 72.8 Å². The number of hydrogen-bond donors (Lipinski definition) is 0. The average Bonchev–Trinajstić information content (AvgIpc) is 2.45. The minimum atomic E-state index is 1.31. The van der Waals surface area contributed by atoms with E-state index in [2.05, 4.69) is 72.8 Å². The molecular weight excluding hydrogens is 222 g/mol. The lowest BCUT2D eigenvalue weighted by molar-refractivity contribution is 1.77. The fraction of sp³-hybridized carbons (Fsp3) is 0. The second kappa shape index (κ2) is 3.58. The van der Waals surface area contributed by atoms with Crippen LogP contribution in [-0.2, 0) is 0 Å². The monoisotopic (exact) mass is 234 g/mol. The maximum absolute atomic E-state index is 2.30. The van der Waals surface area contributed by atoms with Gasteiger partial charge in [0.15, 0.2) is 0 Å². The van der Waals surface area contributed by atoms with Gasteiger partial charge in [-0.15, -0.1) is 0 Å². The number of rotatable bonds is 0. The summed E-state index contributed by atoms with van der Waals surface area (Å²) in [5.74, 6) is 0. The molecule has 0 spiro atoms. The van der Waals surface area contributed by atoms with Crippen LogP contribution in [0.5, 0.6) is 0 Å². The molecule has 4 aromatic carbocycles. The molecule has 0 N–H and O–H groups in total. The van der Waals surface area contributed by atoms with E-state index < -0.39 is 0 Å². The van der Waals surface area contributed by atoms with Crippen LogP contribution < -0.4 is 0 Å². The Morgan fingerprint density at radius 2 is 1.00 bits per heavy atom. The minimum Gasteiger partial charge on any atom is -0.0616 e. The lowest BCUT2D eigenvalue weighted by Gasteiger charge is -2.06. The Bertz CT molecular complexity index is 866. The van der Waals surface area contributed by atoms with Crippen LogP contribution in [0, 0.1) is 0 Å². The lowest BCUT2D eigenvalue weighted by atomic mass is 10.0. The zero-order valence-corrected chi connectivity index (χ0v) is 9.93. The van der Waals surface area contributed by atoms with Gasteiger partial charge in [-0.3, -0.25) is 0 Å².